The Hall–Kier alpha value is -2.88. The molecule has 0 saturated carbocycles. The van der Waals surface area contributed by atoms with Crippen LogP contribution < -0.4 is 10.1 Å². The molecule has 3 aromatic rings. The van der Waals surface area contributed by atoms with Gasteiger partial charge in [-0.1, -0.05) is 23.7 Å². The van der Waals surface area contributed by atoms with E-state index in [0.29, 0.717) is 28.6 Å². The number of nitrogens with one attached hydrogen (secondary N) is 1. The molecule has 0 radical (unpaired) electrons. The van der Waals surface area contributed by atoms with E-state index in [4.69, 9.17) is 26.0 Å². The van der Waals surface area contributed by atoms with Gasteiger partial charge >= 0.3 is 0 Å². The second-order valence-corrected chi connectivity index (χ2v) is 7.33. The van der Waals surface area contributed by atoms with Crippen LogP contribution in [0.5, 0.6) is 5.75 Å². The van der Waals surface area contributed by atoms with E-state index in [2.05, 4.69) is 11.4 Å². The molecular formula is C21H17ClN2O3S. The molecule has 0 unspecified atom stereocenters. The van der Waals surface area contributed by atoms with Crippen LogP contribution in [0.15, 0.2) is 70.0 Å². The van der Waals surface area contributed by atoms with E-state index in [1.807, 2.05) is 24.3 Å². The molecule has 28 heavy (non-hydrogen) atoms. The molecule has 0 aliphatic carbocycles. The Labute approximate surface area is 172 Å². The molecule has 5 nitrogen and oxygen atoms in total. The highest BCUT2D eigenvalue weighted by atomic mass is 35.5. The molecule has 1 heterocycles. The third-order valence-electron chi connectivity index (χ3n) is 3.73. The zero-order valence-corrected chi connectivity index (χ0v) is 16.4. The summed E-state index contributed by atoms with van der Waals surface area (Å²) < 4.78 is 11.1. The zero-order valence-electron chi connectivity index (χ0n) is 14.9. The summed E-state index contributed by atoms with van der Waals surface area (Å²) in [5.41, 5.74) is 0.449. The smallest absolute Gasteiger partial charge is 0.287 e. The molecule has 0 bridgehead atoms. The summed E-state index contributed by atoms with van der Waals surface area (Å²) in [5, 5.41) is 12.6. The van der Waals surface area contributed by atoms with Crippen molar-refractivity contribution in [2.45, 2.75) is 11.5 Å². The van der Waals surface area contributed by atoms with Crippen LogP contribution in [0.3, 0.4) is 0 Å². The summed E-state index contributed by atoms with van der Waals surface area (Å²) in [6, 6.07) is 19.9. The molecule has 0 aliphatic rings. The van der Waals surface area contributed by atoms with Crippen LogP contribution in [0.1, 0.15) is 21.9 Å². The van der Waals surface area contributed by atoms with Crippen molar-refractivity contribution >= 4 is 29.3 Å². The third kappa shape index (κ3) is 5.56. The highest BCUT2D eigenvalue weighted by Gasteiger charge is 2.11. The second kappa shape index (κ2) is 9.88. The molecule has 0 saturated heterocycles. The van der Waals surface area contributed by atoms with Crippen LogP contribution in [0.2, 0.25) is 5.02 Å². The molecule has 0 atom stereocenters. The van der Waals surface area contributed by atoms with Crippen molar-refractivity contribution in [2.24, 2.45) is 0 Å². The van der Waals surface area contributed by atoms with Crippen LogP contribution in [-0.4, -0.2) is 18.2 Å². The number of hydrogen-bond donors (Lipinski definition) is 1. The summed E-state index contributed by atoms with van der Waals surface area (Å²) >= 11 is 7.49. The number of rotatable bonds is 8. The van der Waals surface area contributed by atoms with Crippen LogP contribution in [-0.2, 0) is 6.61 Å². The van der Waals surface area contributed by atoms with Gasteiger partial charge in [0.1, 0.15) is 24.2 Å². The maximum Gasteiger partial charge on any atom is 0.287 e. The van der Waals surface area contributed by atoms with E-state index in [9.17, 15) is 4.79 Å². The fraction of sp³-hybridized carbons (Fsp3) is 0.143. The molecule has 7 heteroatoms. The average molecular weight is 413 g/mol. The lowest BCUT2D eigenvalue weighted by Crippen LogP contribution is -2.25. The largest absolute Gasteiger partial charge is 0.484 e. The lowest BCUT2D eigenvalue weighted by Gasteiger charge is -2.06. The maximum absolute atomic E-state index is 12.2. The third-order valence-corrected chi connectivity index (χ3v) is 5.00. The van der Waals surface area contributed by atoms with E-state index in [1.165, 1.54) is 0 Å². The molecule has 142 valence electrons. The van der Waals surface area contributed by atoms with Gasteiger partial charge in [-0.2, -0.15) is 5.26 Å². The number of nitriles is 1. The van der Waals surface area contributed by atoms with Gasteiger partial charge in [0.05, 0.1) is 5.56 Å². The molecule has 1 aromatic heterocycles. The minimum absolute atomic E-state index is 0.137. The Kier molecular flexibility index (Phi) is 7.01. The number of ether oxygens (including phenoxy) is 1. The Bertz CT molecular complexity index is 980. The quantitative estimate of drug-likeness (QED) is 0.420. The van der Waals surface area contributed by atoms with Crippen molar-refractivity contribution < 1.29 is 13.9 Å². The van der Waals surface area contributed by atoms with Gasteiger partial charge < -0.3 is 14.5 Å². The van der Waals surface area contributed by atoms with E-state index in [1.54, 1.807) is 48.2 Å². The van der Waals surface area contributed by atoms with Crippen LogP contribution in [0, 0.1) is 11.3 Å². The molecular weight excluding hydrogens is 396 g/mol. The first kappa shape index (κ1) is 19.9. The van der Waals surface area contributed by atoms with Gasteiger partial charge in [0.15, 0.2) is 5.76 Å². The SMILES string of the molecule is N#Cc1ccccc1OCc1ccc(C(=O)NCCSc2ccc(Cl)cc2)o1. The predicted molar refractivity (Wildman–Crippen MR) is 109 cm³/mol. The van der Waals surface area contributed by atoms with Crippen molar-refractivity contribution in [3.8, 4) is 11.8 Å². The average Bonchev–Trinajstić information content (AvgIpc) is 3.20. The summed E-state index contributed by atoms with van der Waals surface area (Å²) in [6.45, 7) is 0.645. The minimum atomic E-state index is -0.277. The topological polar surface area (TPSA) is 75.3 Å². The molecule has 1 N–H and O–H groups in total. The number of hydrogen-bond acceptors (Lipinski definition) is 5. The first-order valence-electron chi connectivity index (χ1n) is 8.53. The number of nitrogens with zero attached hydrogens (tertiary/aromatic N) is 1. The van der Waals surface area contributed by atoms with Gasteiger partial charge in [0.25, 0.3) is 5.91 Å². The number of carbonyl (C=O) groups excluding carboxylic acids is 1. The number of benzene rings is 2. The first-order chi connectivity index (χ1) is 13.7. The van der Waals surface area contributed by atoms with Gasteiger partial charge in [-0.15, -0.1) is 11.8 Å². The minimum Gasteiger partial charge on any atom is -0.484 e. The van der Waals surface area contributed by atoms with Crippen molar-refractivity contribution in [1.82, 2.24) is 5.32 Å². The van der Waals surface area contributed by atoms with E-state index >= 15 is 0 Å². The number of halogens is 1. The Balaban J connectivity index is 1.44. The number of carbonyl (C=O) groups is 1. The lowest BCUT2D eigenvalue weighted by atomic mass is 10.2. The van der Waals surface area contributed by atoms with Gasteiger partial charge in [-0.05, 0) is 48.5 Å². The number of amides is 1. The van der Waals surface area contributed by atoms with Gasteiger partial charge in [-0.3, -0.25) is 4.79 Å². The summed E-state index contributed by atoms with van der Waals surface area (Å²) in [7, 11) is 0. The zero-order chi connectivity index (χ0) is 19.8. The molecule has 2 aromatic carbocycles. The fourth-order valence-electron chi connectivity index (χ4n) is 2.36. The van der Waals surface area contributed by atoms with Gasteiger partial charge in [0.2, 0.25) is 0 Å². The lowest BCUT2D eigenvalue weighted by molar-refractivity contribution is 0.0924. The van der Waals surface area contributed by atoms with Gasteiger partial charge in [-0.25, -0.2) is 0 Å². The summed E-state index contributed by atoms with van der Waals surface area (Å²) in [5.74, 6) is 1.67. The predicted octanol–water partition coefficient (Wildman–Crippen LogP) is 4.91. The standard InChI is InChI=1S/C21H17ClN2O3S/c22-16-5-8-18(9-6-16)28-12-11-24-21(25)20-10-7-17(27-20)14-26-19-4-2-1-3-15(19)13-23/h1-10H,11-12,14H2,(H,24,25). The molecule has 0 aliphatic heterocycles. The normalized spacial score (nSPS) is 10.3. The molecule has 0 fully saturated rings. The Morgan fingerprint density at radius 2 is 1.93 bits per heavy atom. The van der Waals surface area contributed by atoms with Crippen LogP contribution in [0.4, 0.5) is 0 Å². The van der Waals surface area contributed by atoms with Crippen molar-refractivity contribution in [1.29, 1.82) is 5.26 Å². The van der Waals surface area contributed by atoms with Crippen LogP contribution in [0.25, 0.3) is 0 Å². The highest BCUT2D eigenvalue weighted by Crippen LogP contribution is 2.20. The molecule has 1 amide bonds. The number of thioether (sulfide) groups is 1. The van der Waals surface area contributed by atoms with E-state index in [-0.39, 0.29) is 18.3 Å². The monoisotopic (exact) mass is 412 g/mol. The van der Waals surface area contributed by atoms with Crippen molar-refractivity contribution in [3.63, 3.8) is 0 Å². The Morgan fingerprint density at radius 1 is 1.14 bits per heavy atom. The van der Waals surface area contributed by atoms with Crippen molar-refractivity contribution in [2.75, 3.05) is 12.3 Å². The number of furan rings is 1. The summed E-state index contributed by atoms with van der Waals surface area (Å²) in [6.07, 6.45) is 0. The molecule has 0 spiro atoms. The van der Waals surface area contributed by atoms with Crippen LogP contribution >= 0.6 is 23.4 Å². The maximum atomic E-state index is 12.2. The molecule has 3 rings (SSSR count). The second-order valence-electron chi connectivity index (χ2n) is 5.72. The van der Waals surface area contributed by atoms with Gasteiger partial charge in [0, 0.05) is 22.2 Å². The van der Waals surface area contributed by atoms with Crippen molar-refractivity contribution in [3.05, 3.63) is 82.8 Å². The highest BCUT2D eigenvalue weighted by molar-refractivity contribution is 7.99. The fourth-order valence-corrected chi connectivity index (χ4v) is 3.26. The van der Waals surface area contributed by atoms with E-state index < -0.39 is 0 Å². The number of para-hydroxylation sites is 1. The Morgan fingerprint density at radius 3 is 2.71 bits per heavy atom. The summed E-state index contributed by atoms with van der Waals surface area (Å²) in [4.78, 5) is 13.3. The first-order valence-corrected chi connectivity index (χ1v) is 9.89. The van der Waals surface area contributed by atoms with E-state index in [0.717, 1.165) is 10.6 Å².